The van der Waals surface area contributed by atoms with Crippen molar-refractivity contribution in [2.24, 2.45) is 0 Å². The van der Waals surface area contributed by atoms with Crippen molar-refractivity contribution in [1.29, 1.82) is 0 Å². The number of para-hydroxylation sites is 2. The largest absolute Gasteiger partial charge is 0.311 e. The van der Waals surface area contributed by atoms with Crippen LogP contribution in [0, 0.1) is 27.7 Å². The van der Waals surface area contributed by atoms with Crippen molar-refractivity contribution >= 4 is 34.0 Å². The third-order valence-corrected chi connectivity index (χ3v) is 7.72. The second-order valence-corrected chi connectivity index (χ2v) is 11.0. The van der Waals surface area contributed by atoms with E-state index in [1.54, 1.807) is 0 Å². The molecule has 0 saturated carbocycles. The summed E-state index contributed by atoms with van der Waals surface area (Å²) in [7, 11) is 0. The van der Waals surface area contributed by atoms with E-state index in [1.165, 1.54) is 27.9 Å². The van der Waals surface area contributed by atoms with Gasteiger partial charge < -0.3 is 9.80 Å². The lowest BCUT2D eigenvalue weighted by Gasteiger charge is -2.28. The second-order valence-electron chi connectivity index (χ2n) is 11.0. The summed E-state index contributed by atoms with van der Waals surface area (Å²) in [5.74, 6) is 0. The first kappa shape index (κ1) is 29.4. The summed E-state index contributed by atoms with van der Waals surface area (Å²) < 4.78 is 0. The van der Waals surface area contributed by atoms with Gasteiger partial charge in [0.05, 0.1) is 0 Å². The number of rotatable bonds is 9. The molecule has 0 spiro atoms. The molecule has 0 heterocycles. The highest BCUT2D eigenvalue weighted by molar-refractivity contribution is 5.81. The summed E-state index contributed by atoms with van der Waals surface area (Å²) in [6, 6.07) is 43.0. The maximum Gasteiger partial charge on any atom is 0.0490 e. The molecule has 0 aromatic heterocycles. The number of aryl methyl sites for hydroxylation is 4. The minimum absolute atomic E-state index is 0.956. The lowest BCUT2D eigenvalue weighted by atomic mass is 10.0. The van der Waals surface area contributed by atoms with Crippen LogP contribution in [-0.2, 0) is 0 Å². The molecular formula is C41H40N2. The van der Waals surface area contributed by atoms with E-state index in [9.17, 15) is 0 Å². The molecule has 0 amide bonds. The standard InChI is InChI=1S/C41H40N2/c1-7-36(42(37-14-10-8-11-15-37)40-26-18-30(2)28-33(40)5)23-20-32(4)35-21-24-39(25-22-35)43(38-16-12-9-13-17-38)41-27-19-31(3)29-34(41)6/h7-29H,4H2,1-3,5-6H3/b23-20-,36-7+. The average Bonchev–Trinajstić information content (AvgIpc) is 3.02. The van der Waals surface area contributed by atoms with Crippen LogP contribution in [0.4, 0.5) is 28.4 Å². The van der Waals surface area contributed by atoms with E-state index in [4.69, 9.17) is 0 Å². The van der Waals surface area contributed by atoms with Crippen molar-refractivity contribution in [3.63, 3.8) is 0 Å². The Balaban J connectivity index is 1.44. The maximum atomic E-state index is 4.43. The van der Waals surface area contributed by atoms with Gasteiger partial charge in [-0.2, -0.15) is 0 Å². The molecule has 5 aromatic carbocycles. The highest BCUT2D eigenvalue weighted by atomic mass is 15.2. The van der Waals surface area contributed by atoms with Crippen LogP contribution in [0.25, 0.3) is 5.57 Å². The molecule has 5 aromatic rings. The zero-order valence-electron chi connectivity index (χ0n) is 25.9. The molecule has 0 saturated heterocycles. The van der Waals surface area contributed by atoms with Crippen LogP contribution in [0.3, 0.4) is 0 Å². The number of benzene rings is 5. The molecule has 0 aliphatic heterocycles. The molecule has 2 nitrogen and oxygen atoms in total. The molecule has 0 unspecified atom stereocenters. The summed E-state index contributed by atoms with van der Waals surface area (Å²) in [4.78, 5) is 4.63. The number of hydrogen-bond donors (Lipinski definition) is 0. The van der Waals surface area contributed by atoms with Crippen LogP contribution in [0.15, 0.2) is 152 Å². The Bertz CT molecular complexity index is 1760. The molecule has 0 radical (unpaired) electrons. The lowest BCUT2D eigenvalue weighted by molar-refractivity contribution is 1.17. The number of allylic oxidation sites excluding steroid dienone is 4. The van der Waals surface area contributed by atoms with Crippen LogP contribution in [-0.4, -0.2) is 0 Å². The number of hydrogen-bond acceptors (Lipinski definition) is 2. The van der Waals surface area contributed by atoms with E-state index in [0.29, 0.717) is 0 Å². The van der Waals surface area contributed by atoms with E-state index < -0.39 is 0 Å². The molecule has 0 aliphatic carbocycles. The summed E-state index contributed by atoms with van der Waals surface area (Å²) in [6.45, 7) is 15.1. The number of anilines is 5. The Hall–Kier alpha value is -5.08. The summed E-state index contributed by atoms with van der Waals surface area (Å²) in [6.07, 6.45) is 6.43. The van der Waals surface area contributed by atoms with E-state index >= 15 is 0 Å². The Morgan fingerprint density at radius 2 is 1.07 bits per heavy atom. The van der Waals surface area contributed by atoms with Crippen molar-refractivity contribution in [2.45, 2.75) is 34.6 Å². The van der Waals surface area contributed by atoms with Crippen molar-refractivity contribution < 1.29 is 0 Å². The van der Waals surface area contributed by atoms with Gasteiger partial charge in [-0.1, -0.05) is 103 Å². The zero-order valence-corrected chi connectivity index (χ0v) is 25.9. The van der Waals surface area contributed by atoms with Crippen LogP contribution >= 0.6 is 0 Å². The van der Waals surface area contributed by atoms with Gasteiger partial charge in [0, 0.05) is 34.1 Å². The van der Waals surface area contributed by atoms with Gasteiger partial charge in [0.15, 0.2) is 0 Å². The van der Waals surface area contributed by atoms with Gasteiger partial charge in [0.25, 0.3) is 0 Å². The smallest absolute Gasteiger partial charge is 0.0490 e. The van der Waals surface area contributed by atoms with Gasteiger partial charge in [-0.25, -0.2) is 0 Å². The van der Waals surface area contributed by atoms with Gasteiger partial charge in [-0.3, -0.25) is 0 Å². The highest BCUT2D eigenvalue weighted by Gasteiger charge is 2.16. The molecule has 0 bridgehead atoms. The van der Waals surface area contributed by atoms with Gasteiger partial charge in [-0.15, -0.1) is 0 Å². The summed E-state index contributed by atoms with van der Waals surface area (Å²) >= 11 is 0. The fourth-order valence-electron chi connectivity index (χ4n) is 5.53. The Kier molecular flexibility index (Phi) is 9.08. The van der Waals surface area contributed by atoms with Crippen LogP contribution < -0.4 is 9.80 Å². The maximum absolute atomic E-state index is 4.43. The molecule has 43 heavy (non-hydrogen) atoms. The molecule has 2 heteroatoms. The van der Waals surface area contributed by atoms with Crippen LogP contribution in [0.5, 0.6) is 0 Å². The lowest BCUT2D eigenvalue weighted by Crippen LogP contribution is -2.16. The third kappa shape index (κ3) is 6.71. The molecule has 5 rings (SSSR count). The molecule has 0 aliphatic rings. The quantitative estimate of drug-likeness (QED) is 0.165. The van der Waals surface area contributed by atoms with Gasteiger partial charge in [0.2, 0.25) is 0 Å². The Labute approximate surface area is 257 Å². The van der Waals surface area contributed by atoms with Gasteiger partial charge in [0.1, 0.15) is 0 Å². The fourth-order valence-corrected chi connectivity index (χ4v) is 5.53. The van der Waals surface area contributed by atoms with Crippen molar-refractivity contribution in [1.82, 2.24) is 0 Å². The first-order valence-corrected chi connectivity index (χ1v) is 14.8. The molecule has 0 atom stereocenters. The van der Waals surface area contributed by atoms with E-state index in [1.807, 2.05) is 0 Å². The topological polar surface area (TPSA) is 6.48 Å². The minimum Gasteiger partial charge on any atom is -0.311 e. The highest BCUT2D eigenvalue weighted by Crippen LogP contribution is 2.37. The predicted molar refractivity (Wildman–Crippen MR) is 187 cm³/mol. The average molecular weight is 561 g/mol. The Morgan fingerprint density at radius 3 is 1.60 bits per heavy atom. The first-order chi connectivity index (χ1) is 20.9. The van der Waals surface area contributed by atoms with Crippen molar-refractivity contribution in [3.05, 3.63) is 180 Å². The fraction of sp³-hybridized carbons (Fsp3) is 0.122. The van der Waals surface area contributed by atoms with E-state index in [-0.39, 0.29) is 0 Å². The summed E-state index contributed by atoms with van der Waals surface area (Å²) in [5.41, 5.74) is 13.8. The number of nitrogens with zero attached hydrogens (tertiary/aromatic N) is 2. The molecule has 0 fully saturated rings. The zero-order chi connectivity index (χ0) is 30.3. The van der Waals surface area contributed by atoms with Crippen LogP contribution in [0.2, 0.25) is 0 Å². The van der Waals surface area contributed by atoms with Crippen molar-refractivity contribution in [3.8, 4) is 0 Å². The third-order valence-electron chi connectivity index (χ3n) is 7.72. The van der Waals surface area contributed by atoms with Gasteiger partial charge >= 0.3 is 0 Å². The van der Waals surface area contributed by atoms with Crippen molar-refractivity contribution in [2.75, 3.05) is 9.80 Å². The Morgan fingerprint density at radius 1 is 0.558 bits per heavy atom. The summed E-state index contributed by atoms with van der Waals surface area (Å²) in [5, 5.41) is 0. The first-order valence-electron chi connectivity index (χ1n) is 14.8. The SMILES string of the molecule is C=C(/C=C\C(=C/C)N(c1ccccc1)c1ccc(C)cc1C)c1ccc(N(c2ccccc2)c2ccc(C)cc2C)cc1. The molecule has 0 N–H and O–H groups in total. The van der Waals surface area contributed by atoms with E-state index in [0.717, 1.165) is 39.6 Å². The predicted octanol–water partition coefficient (Wildman–Crippen LogP) is 11.7. The second kappa shape index (κ2) is 13.3. The van der Waals surface area contributed by atoms with E-state index in [2.05, 4.69) is 191 Å². The molecule has 214 valence electrons. The molecular weight excluding hydrogens is 520 g/mol. The normalized spacial score (nSPS) is 11.5. The van der Waals surface area contributed by atoms with Gasteiger partial charge in [-0.05, 0) is 111 Å². The van der Waals surface area contributed by atoms with Crippen LogP contribution in [0.1, 0.15) is 34.7 Å². The minimum atomic E-state index is 0.956. The monoisotopic (exact) mass is 560 g/mol.